The number of fused-ring (bicyclic) bond motifs is 2. The highest BCUT2D eigenvalue weighted by Gasteiger charge is 2.36. The number of pyridine rings is 1. The molecule has 0 saturated heterocycles. The number of nitrogens with one attached hydrogen (secondary N) is 2. The average molecular weight is 626 g/mol. The second-order valence-electron chi connectivity index (χ2n) is 9.76. The lowest BCUT2D eigenvalue weighted by Gasteiger charge is -2.19. The van der Waals surface area contributed by atoms with Gasteiger partial charge in [-0.2, -0.15) is 18.4 Å². The van der Waals surface area contributed by atoms with E-state index in [-0.39, 0.29) is 55.9 Å². The van der Waals surface area contributed by atoms with Gasteiger partial charge < -0.3 is 10.6 Å². The Bertz CT molecular complexity index is 2090. The molecule has 44 heavy (non-hydrogen) atoms. The molecule has 0 aliphatic carbocycles. The predicted molar refractivity (Wildman–Crippen MR) is 145 cm³/mol. The number of halogens is 7. The van der Waals surface area contributed by atoms with Gasteiger partial charge in [0, 0.05) is 44.7 Å². The fourth-order valence-electron chi connectivity index (χ4n) is 5.04. The predicted octanol–water partition coefficient (Wildman–Crippen LogP) is 7.05. The number of benzene rings is 3. The molecule has 2 aromatic heterocycles. The minimum absolute atomic E-state index is 0.000521. The second-order valence-corrected chi connectivity index (χ2v) is 10.2. The van der Waals surface area contributed by atoms with Crippen LogP contribution in [-0.4, -0.2) is 21.2 Å². The molecule has 5 aromatic rings. The van der Waals surface area contributed by atoms with Crippen molar-refractivity contribution in [3.63, 3.8) is 0 Å². The van der Waals surface area contributed by atoms with Crippen molar-refractivity contribution in [2.24, 2.45) is 0 Å². The second kappa shape index (κ2) is 10.4. The normalized spacial score (nSPS) is 14.3. The van der Waals surface area contributed by atoms with Gasteiger partial charge in [0.15, 0.2) is 11.5 Å². The topological polar surface area (TPSA) is 99.3 Å². The first-order valence-corrected chi connectivity index (χ1v) is 12.9. The van der Waals surface area contributed by atoms with Crippen LogP contribution in [0.25, 0.3) is 16.8 Å². The molecule has 2 N–H and O–H groups in total. The van der Waals surface area contributed by atoms with Crippen LogP contribution in [0.3, 0.4) is 0 Å². The van der Waals surface area contributed by atoms with Gasteiger partial charge in [0.1, 0.15) is 23.4 Å². The molecular formula is C30H14ClF6N5O2. The molecule has 1 aliphatic heterocycles. The number of nitriles is 1. The first kappa shape index (κ1) is 28.8. The van der Waals surface area contributed by atoms with Crippen LogP contribution in [0.2, 0.25) is 5.02 Å². The van der Waals surface area contributed by atoms with Crippen molar-refractivity contribution in [1.82, 2.24) is 14.7 Å². The van der Waals surface area contributed by atoms with Gasteiger partial charge in [0.2, 0.25) is 0 Å². The van der Waals surface area contributed by atoms with Crippen LogP contribution in [0.5, 0.6) is 0 Å². The first-order chi connectivity index (χ1) is 20.8. The minimum atomic E-state index is -4.95. The number of hydrogen-bond acceptors (Lipinski definition) is 4. The fraction of sp³-hybridized carbons (Fsp3) is 0.0667. The van der Waals surface area contributed by atoms with E-state index in [1.807, 2.05) is 6.07 Å². The number of alkyl halides is 3. The van der Waals surface area contributed by atoms with Crippen molar-refractivity contribution in [2.45, 2.75) is 12.2 Å². The maximum Gasteiger partial charge on any atom is 0.416 e. The molecule has 0 fully saturated rings. The number of hydrogen-bond donors (Lipinski definition) is 2. The van der Waals surface area contributed by atoms with Crippen molar-refractivity contribution in [3.05, 3.63) is 123 Å². The quantitative estimate of drug-likeness (QED) is 0.209. The minimum Gasteiger partial charge on any atom is -0.341 e. The van der Waals surface area contributed by atoms with E-state index in [1.54, 1.807) is 0 Å². The number of carbonyl (C=O) groups is 2. The summed E-state index contributed by atoms with van der Waals surface area (Å²) in [4.78, 5) is 30.3. The zero-order chi connectivity index (χ0) is 31.5. The number of amides is 2. The molecule has 3 heterocycles. The first-order valence-electron chi connectivity index (χ1n) is 12.5. The van der Waals surface area contributed by atoms with Gasteiger partial charge in [-0.25, -0.2) is 18.2 Å². The zero-order valence-electron chi connectivity index (χ0n) is 21.7. The summed E-state index contributed by atoms with van der Waals surface area (Å²) in [6, 6.07) is 9.20. The molecule has 7 nitrogen and oxygen atoms in total. The number of carbonyl (C=O) groups excluding carboxylic acids is 2. The number of nitrogens with zero attached hydrogens (tertiary/aromatic N) is 3. The molecular weight excluding hydrogens is 612 g/mol. The molecule has 6 rings (SSSR count). The molecule has 14 heteroatoms. The Morgan fingerprint density at radius 2 is 1.80 bits per heavy atom. The summed E-state index contributed by atoms with van der Waals surface area (Å²) in [5, 5.41) is 14.5. The largest absolute Gasteiger partial charge is 0.416 e. The zero-order valence-corrected chi connectivity index (χ0v) is 22.5. The van der Waals surface area contributed by atoms with E-state index in [4.69, 9.17) is 11.6 Å². The Morgan fingerprint density at radius 1 is 1.02 bits per heavy atom. The highest BCUT2D eigenvalue weighted by Crippen LogP contribution is 2.42. The van der Waals surface area contributed by atoms with E-state index in [2.05, 4.69) is 15.6 Å². The standard InChI is InChI=1S/C30H14ClF6N5O2/c31-22-2-1-17(32)9-20(22)26-25-21(29(44)41-26)5-13(15-6-23(34)27-39-11-19(10-38)42(27)12-15)7-24(25)40-28(43)14-3-16(30(35,36)37)8-18(33)4-14/h1-9,11-12,26H,(H,40,43)(H,41,44)/t26-/m1/s1. The van der Waals surface area contributed by atoms with Crippen LogP contribution in [-0.2, 0) is 6.18 Å². The maximum absolute atomic E-state index is 15.0. The molecule has 2 amide bonds. The van der Waals surface area contributed by atoms with Gasteiger partial charge in [0.25, 0.3) is 11.8 Å². The lowest BCUT2D eigenvalue weighted by Crippen LogP contribution is -2.21. The molecule has 1 aliphatic rings. The van der Waals surface area contributed by atoms with Gasteiger partial charge in [-0.3, -0.25) is 14.0 Å². The van der Waals surface area contributed by atoms with E-state index in [1.165, 1.54) is 28.8 Å². The van der Waals surface area contributed by atoms with Crippen LogP contribution in [0.1, 0.15) is 49.1 Å². The third-order valence-corrected chi connectivity index (χ3v) is 7.35. The summed E-state index contributed by atoms with van der Waals surface area (Å²) >= 11 is 6.31. The molecule has 0 radical (unpaired) electrons. The van der Waals surface area contributed by atoms with Gasteiger partial charge in [0.05, 0.1) is 17.8 Å². The summed E-state index contributed by atoms with van der Waals surface area (Å²) < 4.78 is 84.5. The van der Waals surface area contributed by atoms with Gasteiger partial charge in [-0.15, -0.1) is 0 Å². The lowest BCUT2D eigenvalue weighted by atomic mass is 9.93. The molecule has 1 atom stereocenters. The molecule has 3 aromatic carbocycles. The van der Waals surface area contributed by atoms with Crippen LogP contribution in [0, 0.1) is 28.8 Å². The maximum atomic E-state index is 15.0. The van der Waals surface area contributed by atoms with Crippen molar-refractivity contribution in [2.75, 3.05) is 5.32 Å². The summed E-state index contributed by atoms with van der Waals surface area (Å²) in [6.07, 6.45) is -2.43. The third kappa shape index (κ3) is 4.99. The lowest BCUT2D eigenvalue weighted by molar-refractivity contribution is -0.137. The van der Waals surface area contributed by atoms with E-state index in [9.17, 15) is 41.2 Å². The van der Waals surface area contributed by atoms with Gasteiger partial charge in [-0.05, 0) is 60.2 Å². The number of imidazole rings is 1. The molecule has 0 saturated carbocycles. The van der Waals surface area contributed by atoms with Crippen LogP contribution in [0.15, 0.2) is 67.0 Å². The number of aromatic nitrogens is 2. The third-order valence-electron chi connectivity index (χ3n) is 7.00. The van der Waals surface area contributed by atoms with E-state index in [0.717, 1.165) is 24.4 Å². The Balaban J connectivity index is 1.54. The Hall–Kier alpha value is -5.35. The SMILES string of the molecule is N#Cc1cnc2c(F)cc(-c3cc(NC(=O)c4cc(F)cc(C(F)(F)F)c4)c4c(c3)C(=O)N[C@@H]4c3cc(F)ccc3Cl)cn12. The number of anilines is 1. The van der Waals surface area contributed by atoms with E-state index < -0.39 is 52.6 Å². The summed E-state index contributed by atoms with van der Waals surface area (Å²) in [5.41, 5.74) is -1.96. The van der Waals surface area contributed by atoms with E-state index >= 15 is 0 Å². The van der Waals surface area contributed by atoms with Crippen LogP contribution in [0.4, 0.5) is 32.0 Å². The molecule has 220 valence electrons. The average Bonchev–Trinajstić information content (AvgIpc) is 3.54. The van der Waals surface area contributed by atoms with Crippen molar-refractivity contribution in [1.29, 1.82) is 5.26 Å². The number of rotatable bonds is 4. The van der Waals surface area contributed by atoms with E-state index in [0.29, 0.717) is 12.1 Å². The van der Waals surface area contributed by atoms with Crippen molar-refractivity contribution in [3.8, 4) is 17.2 Å². The summed E-state index contributed by atoms with van der Waals surface area (Å²) in [7, 11) is 0. The van der Waals surface area contributed by atoms with Gasteiger partial charge >= 0.3 is 6.18 Å². The molecule has 0 unspecified atom stereocenters. The smallest absolute Gasteiger partial charge is 0.341 e. The molecule has 0 spiro atoms. The Kier molecular flexibility index (Phi) is 6.81. The molecule has 0 bridgehead atoms. The Morgan fingerprint density at radius 3 is 2.52 bits per heavy atom. The van der Waals surface area contributed by atoms with Gasteiger partial charge in [-0.1, -0.05) is 11.6 Å². The van der Waals surface area contributed by atoms with Crippen molar-refractivity contribution < 1.29 is 35.9 Å². The highest BCUT2D eigenvalue weighted by atomic mass is 35.5. The van der Waals surface area contributed by atoms with Crippen molar-refractivity contribution >= 4 is 34.7 Å². The Labute approximate surface area is 248 Å². The fourth-order valence-corrected chi connectivity index (χ4v) is 5.26. The summed E-state index contributed by atoms with van der Waals surface area (Å²) in [5.74, 6) is -4.67. The monoisotopic (exact) mass is 625 g/mol. The summed E-state index contributed by atoms with van der Waals surface area (Å²) in [6.45, 7) is 0. The van der Waals surface area contributed by atoms with Crippen LogP contribution >= 0.6 is 11.6 Å². The highest BCUT2D eigenvalue weighted by molar-refractivity contribution is 6.31. The van der Waals surface area contributed by atoms with Crippen LogP contribution < -0.4 is 10.6 Å².